The number of carbonyl (C=O) groups excluding carboxylic acids is 1. The van der Waals surface area contributed by atoms with Crippen LogP contribution in [0.5, 0.6) is 0 Å². The van der Waals surface area contributed by atoms with E-state index in [-0.39, 0.29) is 11.9 Å². The van der Waals surface area contributed by atoms with E-state index in [0.717, 1.165) is 18.7 Å². The minimum Gasteiger partial charge on any atom is -0.337 e. The predicted octanol–water partition coefficient (Wildman–Crippen LogP) is 2.96. The molecule has 1 aromatic carbocycles. The molecule has 4 rings (SSSR count). The second kappa shape index (κ2) is 7.90. The lowest BCUT2D eigenvalue weighted by atomic mass is 10.1. The molecule has 3 aromatic rings. The molecule has 0 bridgehead atoms. The van der Waals surface area contributed by atoms with Gasteiger partial charge in [-0.25, -0.2) is 0 Å². The highest BCUT2D eigenvalue weighted by Gasteiger charge is 2.28. The van der Waals surface area contributed by atoms with Crippen LogP contribution in [0.2, 0.25) is 0 Å². The summed E-state index contributed by atoms with van der Waals surface area (Å²) in [5.74, 6) is 1.23. The molecule has 1 fully saturated rings. The van der Waals surface area contributed by atoms with Crippen molar-refractivity contribution < 1.29 is 9.32 Å². The summed E-state index contributed by atoms with van der Waals surface area (Å²) in [7, 11) is 0. The number of benzene rings is 1. The van der Waals surface area contributed by atoms with E-state index in [9.17, 15) is 4.79 Å². The Bertz CT molecular complexity index is 931. The van der Waals surface area contributed by atoms with Gasteiger partial charge in [-0.2, -0.15) is 4.98 Å². The molecule has 3 heterocycles. The molecular weight excluding hydrogens is 354 g/mol. The molecule has 0 spiro atoms. The highest BCUT2D eigenvalue weighted by Crippen LogP contribution is 2.24. The van der Waals surface area contributed by atoms with Crippen molar-refractivity contribution in [2.24, 2.45) is 0 Å². The maximum Gasteiger partial charge on any atom is 0.255 e. The lowest BCUT2D eigenvalue weighted by molar-refractivity contribution is 0.0551. The lowest BCUT2D eigenvalue weighted by Crippen LogP contribution is -2.49. The van der Waals surface area contributed by atoms with Crippen molar-refractivity contribution in [3.8, 4) is 11.4 Å². The Hall–Kier alpha value is -3.06. The highest BCUT2D eigenvalue weighted by atomic mass is 16.5. The molecular formula is C21H23N5O2. The summed E-state index contributed by atoms with van der Waals surface area (Å²) < 4.78 is 5.52. The molecule has 0 N–H and O–H groups in total. The Kier molecular flexibility index (Phi) is 5.16. The van der Waals surface area contributed by atoms with Crippen LogP contribution in [-0.4, -0.2) is 57.0 Å². The van der Waals surface area contributed by atoms with Crippen molar-refractivity contribution in [3.63, 3.8) is 0 Å². The summed E-state index contributed by atoms with van der Waals surface area (Å²) in [5.41, 5.74) is 2.77. The monoisotopic (exact) mass is 377 g/mol. The number of carbonyl (C=O) groups is 1. The predicted molar refractivity (Wildman–Crippen MR) is 105 cm³/mol. The van der Waals surface area contributed by atoms with Crippen LogP contribution in [-0.2, 0) is 0 Å². The fraction of sp³-hybridized carbons (Fsp3) is 0.333. The van der Waals surface area contributed by atoms with Gasteiger partial charge in [0.25, 0.3) is 5.91 Å². The zero-order valence-electron chi connectivity index (χ0n) is 16.1. The number of rotatable bonds is 4. The topological polar surface area (TPSA) is 75.4 Å². The van der Waals surface area contributed by atoms with E-state index in [4.69, 9.17) is 4.52 Å². The summed E-state index contributed by atoms with van der Waals surface area (Å²) in [6, 6.07) is 11.7. The number of pyridine rings is 1. The average Bonchev–Trinajstić information content (AvgIpc) is 3.24. The van der Waals surface area contributed by atoms with E-state index in [0.29, 0.717) is 30.4 Å². The van der Waals surface area contributed by atoms with Crippen LogP contribution in [0, 0.1) is 6.92 Å². The quantitative estimate of drug-likeness (QED) is 0.696. The Morgan fingerprint density at radius 2 is 1.86 bits per heavy atom. The fourth-order valence-electron chi connectivity index (χ4n) is 3.37. The number of aryl methyl sites for hydroxylation is 1. The van der Waals surface area contributed by atoms with Crippen LogP contribution in [0.3, 0.4) is 0 Å². The third-order valence-electron chi connectivity index (χ3n) is 5.17. The minimum atomic E-state index is 0.00217. The van der Waals surface area contributed by atoms with E-state index in [1.165, 1.54) is 5.56 Å². The van der Waals surface area contributed by atoms with Crippen molar-refractivity contribution in [2.75, 3.05) is 26.2 Å². The van der Waals surface area contributed by atoms with Gasteiger partial charge in [0.1, 0.15) is 0 Å². The molecule has 0 saturated carbocycles. The molecule has 2 aromatic heterocycles. The molecule has 1 aliphatic rings. The molecule has 1 aliphatic heterocycles. The van der Waals surface area contributed by atoms with Crippen LogP contribution in [0.4, 0.5) is 0 Å². The van der Waals surface area contributed by atoms with Crippen molar-refractivity contribution in [1.82, 2.24) is 24.9 Å². The van der Waals surface area contributed by atoms with E-state index in [2.05, 4.69) is 26.9 Å². The van der Waals surface area contributed by atoms with Crippen molar-refractivity contribution in [2.45, 2.75) is 19.9 Å². The molecule has 144 valence electrons. The van der Waals surface area contributed by atoms with E-state index in [1.807, 2.05) is 36.1 Å². The first-order valence-corrected chi connectivity index (χ1v) is 9.46. The third kappa shape index (κ3) is 3.80. The maximum absolute atomic E-state index is 12.6. The second-order valence-electron chi connectivity index (χ2n) is 7.07. The molecule has 0 aliphatic carbocycles. The van der Waals surface area contributed by atoms with Crippen LogP contribution in [0.15, 0.2) is 53.3 Å². The van der Waals surface area contributed by atoms with Gasteiger partial charge in [0.2, 0.25) is 11.7 Å². The van der Waals surface area contributed by atoms with Crippen molar-refractivity contribution in [3.05, 3.63) is 65.8 Å². The van der Waals surface area contributed by atoms with Gasteiger partial charge in [0, 0.05) is 44.1 Å². The average molecular weight is 377 g/mol. The van der Waals surface area contributed by atoms with Crippen LogP contribution in [0.25, 0.3) is 11.4 Å². The summed E-state index contributed by atoms with van der Waals surface area (Å²) in [5, 5.41) is 4.13. The Balaban J connectivity index is 1.38. The Labute approximate surface area is 164 Å². The van der Waals surface area contributed by atoms with Gasteiger partial charge in [0.15, 0.2) is 0 Å². The van der Waals surface area contributed by atoms with Gasteiger partial charge in [-0.3, -0.25) is 14.7 Å². The number of amides is 1. The van der Waals surface area contributed by atoms with Gasteiger partial charge >= 0.3 is 0 Å². The number of hydrogen-bond donors (Lipinski definition) is 0. The number of hydrogen-bond acceptors (Lipinski definition) is 6. The SMILES string of the molecule is Cc1ccc(-c2noc([C@@H](C)N3CCN(C(=O)c4cccnc4)CC3)n2)cc1. The smallest absolute Gasteiger partial charge is 0.255 e. The molecule has 7 heteroatoms. The minimum absolute atomic E-state index is 0.00217. The van der Waals surface area contributed by atoms with E-state index in [1.54, 1.807) is 24.5 Å². The first-order chi connectivity index (χ1) is 13.6. The Morgan fingerprint density at radius 3 is 2.54 bits per heavy atom. The second-order valence-corrected chi connectivity index (χ2v) is 7.07. The van der Waals surface area contributed by atoms with Crippen molar-refractivity contribution in [1.29, 1.82) is 0 Å². The molecule has 1 amide bonds. The van der Waals surface area contributed by atoms with Gasteiger partial charge < -0.3 is 9.42 Å². The summed E-state index contributed by atoms with van der Waals surface area (Å²) in [4.78, 5) is 25.3. The van der Waals surface area contributed by atoms with Gasteiger partial charge in [-0.15, -0.1) is 0 Å². The number of piperazine rings is 1. The largest absolute Gasteiger partial charge is 0.337 e. The molecule has 1 saturated heterocycles. The molecule has 0 radical (unpaired) electrons. The third-order valence-corrected chi connectivity index (χ3v) is 5.17. The van der Waals surface area contributed by atoms with Gasteiger partial charge in [-0.05, 0) is 26.0 Å². The lowest BCUT2D eigenvalue weighted by Gasteiger charge is -2.36. The molecule has 28 heavy (non-hydrogen) atoms. The standard InChI is InChI=1S/C21H23N5O2/c1-15-5-7-17(8-6-15)19-23-20(28-24-19)16(2)25-10-12-26(13-11-25)21(27)18-4-3-9-22-14-18/h3-9,14,16H,10-13H2,1-2H3/t16-/m1/s1. The van der Waals surface area contributed by atoms with E-state index < -0.39 is 0 Å². The van der Waals surface area contributed by atoms with E-state index >= 15 is 0 Å². The highest BCUT2D eigenvalue weighted by molar-refractivity contribution is 5.93. The zero-order chi connectivity index (χ0) is 19.5. The first kappa shape index (κ1) is 18.3. The number of aromatic nitrogens is 3. The molecule has 1 atom stereocenters. The number of nitrogens with zero attached hydrogens (tertiary/aromatic N) is 5. The summed E-state index contributed by atoms with van der Waals surface area (Å²) in [6.45, 7) is 6.95. The van der Waals surface area contributed by atoms with Gasteiger partial charge in [-0.1, -0.05) is 35.0 Å². The van der Waals surface area contributed by atoms with Crippen molar-refractivity contribution >= 4 is 5.91 Å². The van der Waals surface area contributed by atoms with Crippen LogP contribution >= 0.6 is 0 Å². The normalized spacial score (nSPS) is 16.1. The maximum atomic E-state index is 12.6. The molecule has 0 unspecified atom stereocenters. The summed E-state index contributed by atoms with van der Waals surface area (Å²) in [6.07, 6.45) is 3.29. The van der Waals surface area contributed by atoms with Crippen LogP contribution < -0.4 is 0 Å². The van der Waals surface area contributed by atoms with Crippen LogP contribution in [0.1, 0.15) is 34.8 Å². The summed E-state index contributed by atoms with van der Waals surface area (Å²) >= 11 is 0. The molecule has 7 nitrogen and oxygen atoms in total. The van der Waals surface area contributed by atoms with Gasteiger partial charge in [0.05, 0.1) is 11.6 Å². The first-order valence-electron chi connectivity index (χ1n) is 9.46. The zero-order valence-corrected chi connectivity index (χ0v) is 16.1. The Morgan fingerprint density at radius 1 is 1.11 bits per heavy atom. The fourth-order valence-corrected chi connectivity index (χ4v) is 3.37.